The summed E-state index contributed by atoms with van der Waals surface area (Å²) in [6.45, 7) is 7.60. The molecule has 2 aliphatic rings. The molecule has 0 aromatic carbocycles. The van der Waals surface area contributed by atoms with Crippen LogP contribution in [0, 0.1) is 5.92 Å². The second-order valence-electron chi connectivity index (χ2n) is 7.84. The van der Waals surface area contributed by atoms with Gasteiger partial charge in [0.1, 0.15) is 0 Å². The first-order chi connectivity index (χ1) is 11.4. The van der Waals surface area contributed by atoms with Gasteiger partial charge in [0, 0.05) is 25.2 Å². The SMILES string of the molecule is CC(C)CN(C(=O)CN1CCCC(N(C)CC(=O)O)CC1)C1CC1.Cl. The van der Waals surface area contributed by atoms with Crippen LogP contribution in [-0.2, 0) is 9.59 Å². The Hall–Kier alpha value is -0.850. The van der Waals surface area contributed by atoms with Crippen molar-refractivity contribution in [2.45, 2.75) is 58.0 Å². The smallest absolute Gasteiger partial charge is 0.317 e. The Labute approximate surface area is 157 Å². The summed E-state index contributed by atoms with van der Waals surface area (Å²) < 4.78 is 0. The molecule has 1 amide bonds. The van der Waals surface area contributed by atoms with E-state index < -0.39 is 5.97 Å². The number of hydrogen-bond donors (Lipinski definition) is 1. The molecule has 146 valence electrons. The zero-order valence-electron chi connectivity index (χ0n) is 15.8. The van der Waals surface area contributed by atoms with Crippen molar-refractivity contribution in [3.8, 4) is 0 Å². The molecule has 0 radical (unpaired) electrons. The fourth-order valence-electron chi connectivity index (χ4n) is 3.60. The quantitative estimate of drug-likeness (QED) is 0.702. The van der Waals surface area contributed by atoms with Gasteiger partial charge in [0.2, 0.25) is 5.91 Å². The van der Waals surface area contributed by atoms with Crippen LogP contribution in [0.2, 0.25) is 0 Å². The molecule has 1 N–H and O–H groups in total. The molecule has 1 heterocycles. The van der Waals surface area contributed by atoms with E-state index in [-0.39, 0.29) is 24.9 Å². The molecule has 1 atom stereocenters. The summed E-state index contributed by atoms with van der Waals surface area (Å²) in [6.07, 6.45) is 5.27. The number of nitrogens with zero attached hydrogens (tertiary/aromatic N) is 3. The average Bonchev–Trinajstić information content (AvgIpc) is 3.31. The Morgan fingerprint density at radius 3 is 2.36 bits per heavy atom. The maximum atomic E-state index is 12.7. The molecule has 2 fully saturated rings. The zero-order chi connectivity index (χ0) is 17.7. The first kappa shape index (κ1) is 22.2. The molecule has 25 heavy (non-hydrogen) atoms. The highest BCUT2D eigenvalue weighted by Crippen LogP contribution is 2.28. The first-order valence-electron chi connectivity index (χ1n) is 9.30. The van der Waals surface area contributed by atoms with Gasteiger partial charge in [0.15, 0.2) is 0 Å². The van der Waals surface area contributed by atoms with Gasteiger partial charge in [-0.1, -0.05) is 13.8 Å². The number of likely N-dealkylation sites (tertiary alicyclic amines) is 1. The number of carbonyl (C=O) groups excluding carboxylic acids is 1. The van der Waals surface area contributed by atoms with E-state index in [9.17, 15) is 9.59 Å². The van der Waals surface area contributed by atoms with E-state index in [0.717, 1.165) is 51.7 Å². The molecular formula is C18H34ClN3O3. The van der Waals surface area contributed by atoms with Crippen LogP contribution in [0.3, 0.4) is 0 Å². The summed E-state index contributed by atoms with van der Waals surface area (Å²) >= 11 is 0. The zero-order valence-corrected chi connectivity index (χ0v) is 16.6. The third-order valence-corrected chi connectivity index (χ3v) is 5.03. The van der Waals surface area contributed by atoms with Crippen molar-refractivity contribution in [1.29, 1.82) is 0 Å². The van der Waals surface area contributed by atoms with Crippen molar-refractivity contribution in [1.82, 2.24) is 14.7 Å². The van der Waals surface area contributed by atoms with E-state index in [1.807, 2.05) is 11.9 Å². The highest BCUT2D eigenvalue weighted by molar-refractivity contribution is 5.85. The van der Waals surface area contributed by atoms with Crippen LogP contribution in [0.4, 0.5) is 0 Å². The van der Waals surface area contributed by atoms with Crippen LogP contribution in [0.25, 0.3) is 0 Å². The molecule has 0 spiro atoms. The van der Waals surface area contributed by atoms with Gasteiger partial charge in [-0.2, -0.15) is 0 Å². The number of likely N-dealkylation sites (N-methyl/N-ethyl adjacent to an activating group) is 1. The number of halogens is 1. The average molecular weight is 376 g/mol. The second-order valence-corrected chi connectivity index (χ2v) is 7.84. The normalized spacial score (nSPS) is 21.7. The molecular weight excluding hydrogens is 342 g/mol. The second kappa shape index (κ2) is 10.3. The van der Waals surface area contributed by atoms with Gasteiger partial charge in [0.05, 0.1) is 13.1 Å². The van der Waals surface area contributed by atoms with Crippen LogP contribution < -0.4 is 0 Å². The largest absolute Gasteiger partial charge is 0.480 e. The summed E-state index contributed by atoms with van der Waals surface area (Å²) in [5.74, 6) is -0.00110. The van der Waals surface area contributed by atoms with Crippen LogP contribution in [0.5, 0.6) is 0 Å². The molecule has 1 saturated carbocycles. The molecule has 1 unspecified atom stereocenters. The van der Waals surface area contributed by atoms with E-state index >= 15 is 0 Å². The van der Waals surface area contributed by atoms with Crippen molar-refractivity contribution in [2.75, 3.05) is 39.8 Å². The monoisotopic (exact) mass is 375 g/mol. The lowest BCUT2D eigenvalue weighted by atomic mass is 10.1. The van der Waals surface area contributed by atoms with E-state index in [2.05, 4.69) is 23.6 Å². The summed E-state index contributed by atoms with van der Waals surface area (Å²) in [4.78, 5) is 29.9. The molecule has 7 heteroatoms. The molecule has 1 aliphatic heterocycles. The maximum absolute atomic E-state index is 12.7. The molecule has 6 nitrogen and oxygen atoms in total. The Morgan fingerprint density at radius 2 is 1.80 bits per heavy atom. The fraction of sp³-hybridized carbons (Fsp3) is 0.889. The number of amides is 1. The van der Waals surface area contributed by atoms with Crippen molar-refractivity contribution in [2.24, 2.45) is 5.92 Å². The van der Waals surface area contributed by atoms with Crippen molar-refractivity contribution < 1.29 is 14.7 Å². The van der Waals surface area contributed by atoms with E-state index in [1.165, 1.54) is 0 Å². The van der Waals surface area contributed by atoms with E-state index in [1.54, 1.807) is 0 Å². The number of hydrogen-bond acceptors (Lipinski definition) is 4. The lowest BCUT2D eigenvalue weighted by Crippen LogP contribution is -2.43. The van der Waals surface area contributed by atoms with Crippen molar-refractivity contribution in [3.63, 3.8) is 0 Å². The van der Waals surface area contributed by atoms with E-state index in [4.69, 9.17) is 5.11 Å². The summed E-state index contributed by atoms with van der Waals surface area (Å²) in [5.41, 5.74) is 0. The van der Waals surface area contributed by atoms with Crippen molar-refractivity contribution >= 4 is 24.3 Å². The summed E-state index contributed by atoms with van der Waals surface area (Å²) in [5, 5.41) is 8.94. The third-order valence-electron chi connectivity index (χ3n) is 5.03. The lowest BCUT2D eigenvalue weighted by molar-refractivity contribution is -0.138. The fourth-order valence-corrected chi connectivity index (χ4v) is 3.60. The predicted molar refractivity (Wildman–Crippen MR) is 101 cm³/mol. The standard InChI is InChI=1S/C18H33N3O3.ClH/c1-14(2)11-21(16-6-7-16)17(22)12-20-9-4-5-15(8-10-20)19(3)13-18(23)24;/h14-16H,4-13H2,1-3H3,(H,23,24);1H. The minimum Gasteiger partial charge on any atom is -0.480 e. The Morgan fingerprint density at radius 1 is 1.12 bits per heavy atom. The lowest BCUT2D eigenvalue weighted by Gasteiger charge is -2.28. The topological polar surface area (TPSA) is 64.1 Å². The van der Waals surface area contributed by atoms with Gasteiger partial charge >= 0.3 is 5.97 Å². The van der Waals surface area contributed by atoms with Crippen LogP contribution >= 0.6 is 12.4 Å². The first-order valence-corrected chi connectivity index (χ1v) is 9.30. The maximum Gasteiger partial charge on any atom is 0.317 e. The highest BCUT2D eigenvalue weighted by Gasteiger charge is 2.33. The molecule has 1 aliphatic carbocycles. The third kappa shape index (κ3) is 7.50. The van der Waals surface area contributed by atoms with Gasteiger partial charge < -0.3 is 10.0 Å². The Bertz CT molecular complexity index is 443. The van der Waals surface area contributed by atoms with Crippen LogP contribution in [-0.4, -0.2) is 83.5 Å². The van der Waals surface area contributed by atoms with Crippen LogP contribution in [0.15, 0.2) is 0 Å². The van der Waals surface area contributed by atoms with Crippen molar-refractivity contribution in [3.05, 3.63) is 0 Å². The number of carbonyl (C=O) groups is 2. The van der Waals surface area contributed by atoms with Gasteiger partial charge in [-0.05, 0) is 51.6 Å². The molecule has 0 aromatic heterocycles. The van der Waals surface area contributed by atoms with E-state index in [0.29, 0.717) is 24.5 Å². The Kier molecular flexibility index (Phi) is 9.17. The number of rotatable bonds is 8. The van der Waals surface area contributed by atoms with Gasteiger partial charge in [-0.15, -0.1) is 12.4 Å². The predicted octanol–water partition coefficient (Wildman–Crippen LogP) is 1.93. The summed E-state index contributed by atoms with van der Waals surface area (Å²) in [6, 6.07) is 0.776. The summed E-state index contributed by atoms with van der Waals surface area (Å²) in [7, 11) is 1.89. The molecule has 0 aromatic rings. The van der Waals surface area contributed by atoms with Crippen LogP contribution in [0.1, 0.15) is 46.0 Å². The van der Waals surface area contributed by atoms with Gasteiger partial charge in [-0.3, -0.25) is 19.4 Å². The molecule has 2 rings (SSSR count). The number of carboxylic acids is 1. The highest BCUT2D eigenvalue weighted by atomic mass is 35.5. The minimum atomic E-state index is -0.775. The number of aliphatic carboxylic acids is 1. The molecule has 1 saturated heterocycles. The Balaban J connectivity index is 0.00000312. The van der Waals surface area contributed by atoms with Gasteiger partial charge in [-0.25, -0.2) is 0 Å². The van der Waals surface area contributed by atoms with Gasteiger partial charge in [0.25, 0.3) is 0 Å². The molecule has 0 bridgehead atoms. The minimum absolute atomic E-state index is 0. The number of carboxylic acid groups (broad SMARTS) is 1.